The lowest BCUT2D eigenvalue weighted by Crippen LogP contribution is -2.29. The topological polar surface area (TPSA) is 73.5 Å². The van der Waals surface area contributed by atoms with Gasteiger partial charge in [-0.15, -0.1) is 12.4 Å². The van der Waals surface area contributed by atoms with Gasteiger partial charge in [-0.25, -0.2) is 4.79 Å². The molecule has 2 fully saturated rings. The molecule has 24 heavy (non-hydrogen) atoms. The van der Waals surface area contributed by atoms with Crippen molar-refractivity contribution in [1.29, 1.82) is 0 Å². The van der Waals surface area contributed by atoms with Crippen LogP contribution in [0.3, 0.4) is 0 Å². The Morgan fingerprint density at radius 3 is 2.88 bits per heavy atom. The van der Waals surface area contributed by atoms with Gasteiger partial charge in [-0.05, 0) is 50.0 Å². The zero-order valence-corrected chi connectivity index (χ0v) is 14.9. The molecule has 1 aromatic rings. The van der Waals surface area contributed by atoms with Crippen molar-refractivity contribution >= 4 is 41.6 Å². The van der Waals surface area contributed by atoms with Gasteiger partial charge in [-0.3, -0.25) is 9.69 Å². The van der Waals surface area contributed by atoms with Crippen LogP contribution in [0.4, 0.5) is 10.5 Å². The standard InChI is InChI=1S/C16H21ClN4O2.ClH/c17-14-2-1-12(21-8-7-20-16(21)23)9-13(14)15(22)19-6-4-11-3-5-18-10-11;/h1-2,9,11,18H,3-8,10H2,(H,19,22)(H,20,23);1H. The van der Waals surface area contributed by atoms with Crippen LogP contribution in [0.15, 0.2) is 18.2 Å². The summed E-state index contributed by atoms with van der Waals surface area (Å²) in [5.74, 6) is 0.438. The van der Waals surface area contributed by atoms with E-state index in [1.807, 2.05) is 0 Å². The van der Waals surface area contributed by atoms with Gasteiger partial charge in [-0.1, -0.05) is 11.6 Å². The number of anilines is 1. The van der Waals surface area contributed by atoms with Crippen LogP contribution in [0.25, 0.3) is 0 Å². The highest BCUT2D eigenvalue weighted by atomic mass is 35.5. The molecular weight excluding hydrogens is 351 g/mol. The first kappa shape index (κ1) is 18.8. The van der Waals surface area contributed by atoms with E-state index in [1.54, 1.807) is 23.1 Å². The molecule has 0 saturated carbocycles. The molecule has 6 nitrogen and oxygen atoms in total. The third-order valence-corrected chi connectivity index (χ3v) is 4.69. The summed E-state index contributed by atoms with van der Waals surface area (Å²) in [5, 5.41) is 9.38. The highest BCUT2D eigenvalue weighted by Gasteiger charge is 2.23. The van der Waals surface area contributed by atoms with Crippen LogP contribution in [-0.2, 0) is 0 Å². The van der Waals surface area contributed by atoms with E-state index in [4.69, 9.17) is 11.6 Å². The molecule has 2 heterocycles. The zero-order valence-electron chi connectivity index (χ0n) is 13.3. The molecule has 2 saturated heterocycles. The van der Waals surface area contributed by atoms with Gasteiger partial charge in [0.25, 0.3) is 5.91 Å². The van der Waals surface area contributed by atoms with Crippen LogP contribution in [-0.4, -0.2) is 44.7 Å². The summed E-state index contributed by atoms with van der Waals surface area (Å²) >= 11 is 6.15. The van der Waals surface area contributed by atoms with Crippen molar-refractivity contribution in [2.24, 2.45) is 5.92 Å². The number of nitrogens with one attached hydrogen (secondary N) is 3. The van der Waals surface area contributed by atoms with Crippen molar-refractivity contribution in [3.8, 4) is 0 Å². The van der Waals surface area contributed by atoms with Crippen molar-refractivity contribution in [3.63, 3.8) is 0 Å². The molecule has 2 aliphatic heterocycles. The van der Waals surface area contributed by atoms with Crippen molar-refractivity contribution in [2.45, 2.75) is 12.8 Å². The smallest absolute Gasteiger partial charge is 0.321 e. The quantitative estimate of drug-likeness (QED) is 0.740. The maximum absolute atomic E-state index is 12.4. The molecule has 1 aromatic carbocycles. The molecule has 0 spiro atoms. The molecule has 0 aromatic heterocycles. The molecule has 3 rings (SSSR count). The number of hydrogen-bond donors (Lipinski definition) is 3. The fourth-order valence-corrected chi connectivity index (χ4v) is 3.22. The summed E-state index contributed by atoms with van der Waals surface area (Å²) in [4.78, 5) is 25.7. The Morgan fingerprint density at radius 1 is 1.38 bits per heavy atom. The third-order valence-electron chi connectivity index (χ3n) is 4.36. The van der Waals surface area contributed by atoms with E-state index in [2.05, 4.69) is 16.0 Å². The van der Waals surface area contributed by atoms with Crippen LogP contribution in [0, 0.1) is 5.92 Å². The average molecular weight is 373 g/mol. The van der Waals surface area contributed by atoms with Crippen LogP contribution in [0.2, 0.25) is 5.02 Å². The van der Waals surface area contributed by atoms with Gasteiger partial charge in [0, 0.05) is 25.3 Å². The van der Waals surface area contributed by atoms with Crippen molar-refractivity contribution in [3.05, 3.63) is 28.8 Å². The van der Waals surface area contributed by atoms with E-state index in [0.717, 1.165) is 25.9 Å². The first-order chi connectivity index (χ1) is 11.1. The van der Waals surface area contributed by atoms with Crippen LogP contribution in [0.5, 0.6) is 0 Å². The lowest BCUT2D eigenvalue weighted by atomic mass is 10.1. The fourth-order valence-electron chi connectivity index (χ4n) is 3.02. The van der Waals surface area contributed by atoms with E-state index >= 15 is 0 Å². The summed E-state index contributed by atoms with van der Waals surface area (Å²) in [6.07, 6.45) is 2.13. The Balaban J connectivity index is 0.00000208. The van der Waals surface area contributed by atoms with Crippen molar-refractivity contribution in [2.75, 3.05) is 37.6 Å². The van der Waals surface area contributed by atoms with Gasteiger partial charge >= 0.3 is 6.03 Å². The second kappa shape index (κ2) is 8.55. The summed E-state index contributed by atoms with van der Waals surface area (Å²) < 4.78 is 0. The van der Waals surface area contributed by atoms with Gasteiger partial charge in [-0.2, -0.15) is 0 Å². The normalized spacial score (nSPS) is 19.8. The maximum atomic E-state index is 12.4. The predicted molar refractivity (Wildman–Crippen MR) is 97.4 cm³/mol. The van der Waals surface area contributed by atoms with Crippen LogP contribution >= 0.6 is 24.0 Å². The van der Waals surface area contributed by atoms with E-state index in [-0.39, 0.29) is 24.3 Å². The maximum Gasteiger partial charge on any atom is 0.321 e. The molecule has 0 bridgehead atoms. The first-order valence-electron chi connectivity index (χ1n) is 7.99. The molecule has 1 unspecified atom stereocenters. The number of benzene rings is 1. The minimum Gasteiger partial charge on any atom is -0.352 e. The van der Waals surface area contributed by atoms with E-state index in [9.17, 15) is 9.59 Å². The molecule has 132 valence electrons. The second-order valence-electron chi connectivity index (χ2n) is 5.95. The molecule has 0 radical (unpaired) electrons. The molecule has 3 N–H and O–H groups in total. The number of carbonyl (C=O) groups excluding carboxylic acids is 2. The number of urea groups is 1. The monoisotopic (exact) mass is 372 g/mol. The van der Waals surface area contributed by atoms with Crippen molar-refractivity contribution in [1.82, 2.24) is 16.0 Å². The van der Waals surface area contributed by atoms with Crippen molar-refractivity contribution < 1.29 is 9.59 Å². The SMILES string of the molecule is Cl.O=C(NCCC1CCNC1)c1cc(N2CCNC2=O)ccc1Cl. The number of nitrogens with zero attached hydrogens (tertiary/aromatic N) is 1. The summed E-state index contributed by atoms with van der Waals surface area (Å²) in [6, 6.07) is 4.96. The minimum absolute atomic E-state index is 0. The Kier molecular flexibility index (Phi) is 6.71. The Labute approximate surface area is 152 Å². The second-order valence-corrected chi connectivity index (χ2v) is 6.36. The Bertz CT molecular complexity index is 606. The van der Waals surface area contributed by atoms with Gasteiger partial charge in [0.15, 0.2) is 0 Å². The highest BCUT2D eigenvalue weighted by molar-refractivity contribution is 6.34. The van der Waals surface area contributed by atoms with Gasteiger partial charge in [0.2, 0.25) is 0 Å². The highest BCUT2D eigenvalue weighted by Crippen LogP contribution is 2.24. The molecule has 0 aliphatic carbocycles. The van der Waals surface area contributed by atoms with Gasteiger partial charge in [0.1, 0.15) is 0 Å². The number of carbonyl (C=O) groups is 2. The molecule has 3 amide bonds. The zero-order chi connectivity index (χ0) is 16.2. The average Bonchev–Trinajstić information content (AvgIpc) is 3.19. The van der Waals surface area contributed by atoms with Gasteiger partial charge in [0.05, 0.1) is 10.6 Å². The largest absolute Gasteiger partial charge is 0.352 e. The first-order valence-corrected chi connectivity index (χ1v) is 8.37. The number of rotatable bonds is 5. The summed E-state index contributed by atoms with van der Waals surface area (Å²) in [5.41, 5.74) is 1.10. The fraction of sp³-hybridized carbons (Fsp3) is 0.500. The Morgan fingerprint density at radius 2 is 2.21 bits per heavy atom. The van der Waals surface area contributed by atoms with E-state index in [0.29, 0.717) is 41.8 Å². The lowest BCUT2D eigenvalue weighted by molar-refractivity contribution is 0.0952. The molecule has 1 atom stereocenters. The molecule has 2 aliphatic rings. The predicted octanol–water partition coefficient (Wildman–Crippen LogP) is 2.02. The molecular formula is C16H22Cl2N4O2. The Hall–Kier alpha value is -1.50. The van der Waals surface area contributed by atoms with E-state index < -0.39 is 0 Å². The number of hydrogen-bond acceptors (Lipinski definition) is 3. The summed E-state index contributed by atoms with van der Waals surface area (Å²) in [6.45, 7) is 3.92. The lowest BCUT2D eigenvalue weighted by Gasteiger charge is -2.16. The minimum atomic E-state index is -0.192. The van der Waals surface area contributed by atoms with E-state index in [1.165, 1.54) is 0 Å². The summed E-state index contributed by atoms with van der Waals surface area (Å²) in [7, 11) is 0. The van der Waals surface area contributed by atoms with Gasteiger partial charge < -0.3 is 16.0 Å². The third kappa shape index (κ3) is 4.32. The molecule has 8 heteroatoms. The number of amides is 3. The van der Waals surface area contributed by atoms with Crippen LogP contribution in [0.1, 0.15) is 23.2 Å². The van der Waals surface area contributed by atoms with Crippen LogP contribution < -0.4 is 20.9 Å². The number of halogens is 2.